The Morgan fingerprint density at radius 1 is 1.26 bits per heavy atom. The normalized spacial score (nSPS) is 12.9. The van der Waals surface area contributed by atoms with Crippen molar-refractivity contribution in [2.45, 2.75) is 19.4 Å². The molecular formula is C12H13F3O4. The lowest BCUT2D eigenvalue weighted by Crippen LogP contribution is -2.26. The molecule has 0 aromatic heterocycles. The van der Waals surface area contributed by atoms with E-state index in [1.165, 1.54) is 38.3 Å². The van der Waals surface area contributed by atoms with Crippen molar-refractivity contribution in [3.05, 3.63) is 29.8 Å². The van der Waals surface area contributed by atoms with Gasteiger partial charge >= 0.3 is 12.3 Å². The first-order valence-electron chi connectivity index (χ1n) is 5.42. The molecule has 0 saturated carbocycles. The van der Waals surface area contributed by atoms with Crippen LogP contribution in [0.2, 0.25) is 0 Å². The topological polar surface area (TPSA) is 44.8 Å². The second kappa shape index (κ2) is 6.42. The number of carbonyl (C=O) groups excluding carboxylic acids is 1. The van der Waals surface area contributed by atoms with Gasteiger partial charge in [-0.15, -0.1) is 13.2 Å². The molecule has 0 fully saturated rings. The molecule has 0 aliphatic carbocycles. The molecule has 4 nitrogen and oxygen atoms in total. The molecule has 106 valence electrons. The van der Waals surface area contributed by atoms with Crippen molar-refractivity contribution in [2.24, 2.45) is 0 Å². The fourth-order valence-corrected chi connectivity index (χ4v) is 1.38. The highest BCUT2D eigenvalue weighted by molar-refractivity contribution is 5.76. The molecular weight excluding hydrogens is 265 g/mol. The quantitative estimate of drug-likeness (QED) is 0.777. The van der Waals surface area contributed by atoms with Crippen LogP contribution in [0.4, 0.5) is 13.2 Å². The summed E-state index contributed by atoms with van der Waals surface area (Å²) in [4.78, 5) is 11.5. The van der Waals surface area contributed by atoms with Crippen LogP contribution in [0, 0.1) is 0 Å². The largest absolute Gasteiger partial charge is 0.523 e. The third-order valence-electron chi connectivity index (χ3n) is 2.17. The molecule has 0 radical (unpaired) electrons. The first kappa shape index (κ1) is 15.3. The van der Waals surface area contributed by atoms with Crippen molar-refractivity contribution in [2.75, 3.05) is 13.7 Å². The molecule has 1 rings (SSSR count). The fourth-order valence-electron chi connectivity index (χ4n) is 1.38. The number of rotatable bonds is 5. The van der Waals surface area contributed by atoms with Gasteiger partial charge in [-0.05, 0) is 24.6 Å². The minimum absolute atomic E-state index is 0.0350. The van der Waals surface area contributed by atoms with E-state index in [0.717, 1.165) is 0 Å². The highest BCUT2D eigenvalue weighted by Crippen LogP contribution is 2.29. The van der Waals surface area contributed by atoms with Crippen molar-refractivity contribution in [3.8, 4) is 5.75 Å². The molecule has 1 aromatic rings. The highest BCUT2D eigenvalue weighted by Gasteiger charge is 2.38. The van der Waals surface area contributed by atoms with Crippen molar-refractivity contribution >= 4 is 5.97 Å². The van der Waals surface area contributed by atoms with Crippen molar-refractivity contribution in [3.63, 3.8) is 0 Å². The zero-order valence-electron chi connectivity index (χ0n) is 10.4. The van der Waals surface area contributed by atoms with E-state index in [9.17, 15) is 18.0 Å². The van der Waals surface area contributed by atoms with Crippen LogP contribution in [-0.4, -0.2) is 26.0 Å². The molecule has 1 atom stereocenters. The Kier molecular flexibility index (Phi) is 5.17. The number of methoxy groups -OCH3 is 1. The minimum atomic E-state index is -4.93. The lowest BCUT2D eigenvalue weighted by atomic mass is 10.1. The molecule has 0 aliphatic rings. The van der Waals surface area contributed by atoms with E-state index < -0.39 is 18.4 Å². The Balaban J connectivity index is 2.97. The summed E-state index contributed by atoms with van der Waals surface area (Å²) in [5.74, 6) is -0.636. The predicted molar refractivity (Wildman–Crippen MR) is 59.5 cm³/mol. The van der Waals surface area contributed by atoms with E-state index in [4.69, 9.17) is 4.74 Å². The van der Waals surface area contributed by atoms with Crippen LogP contribution in [0.25, 0.3) is 0 Å². The fraction of sp³-hybridized carbons (Fsp3) is 0.417. The molecule has 0 bridgehead atoms. The lowest BCUT2D eigenvalue weighted by Gasteiger charge is -2.18. The van der Waals surface area contributed by atoms with Crippen LogP contribution in [0.3, 0.4) is 0 Å². The van der Waals surface area contributed by atoms with Gasteiger partial charge in [0.1, 0.15) is 5.75 Å². The maximum absolute atomic E-state index is 12.3. The van der Waals surface area contributed by atoms with Gasteiger partial charge in [0.15, 0.2) is 6.10 Å². The molecule has 0 heterocycles. The lowest BCUT2D eigenvalue weighted by molar-refractivity contribution is -0.342. The Bertz CT molecular complexity index is 414. The van der Waals surface area contributed by atoms with Gasteiger partial charge in [0.25, 0.3) is 0 Å². The zero-order valence-corrected chi connectivity index (χ0v) is 10.4. The Hall–Kier alpha value is -1.76. The summed E-state index contributed by atoms with van der Waals surface area (Å²) in [6.45, 7) is 1.46. The van der Waals surface area contributed by atoms with Gasteiger partial charge in [-0.1, -0.05) is 12.1 Å². The van der Waals surface area contributed by atoms with Crippen LogP contribution in [-0.2, 0) is 14.3 Å². The second-order valence-corrected chi connectivity index (χ2v) is 3.47. The Labute approximate surface area is 108 Å². The third-order valence-corrected chi connectivity index (χ3v) is 2.17. The number of carbonyl (C=O) groups is 1. The number of benzene rings is 1. The minimum Gasteiger partial charge on any atom is -0.497 e. The summed E-state index contributed by atoms with van der Waals surface area (Å²) in [6, 6.07) is 5.49. The van der Waals surface area contributed by atoms with Crippen LogP contribution in [0.1, 0.15) is 18.6 Å². The summed E-state index contributed by atoms with van der Waals surface area (Å²) in [6.07, 6.45) is -6.77. The number of esters is 1. The van der Waals surface area contributed by atoms with Gasteiger partial charge in [-0.25, -0.2) is 4.79 Å². The van der Waals surface area contributed by atoms with E-state index >= 15 is 0 Å². The van der Waals surface area contributed by atoms with E-state index in [1.54, 1.807) is 0 Å². The van der Waals surface area contributed by atoms with Crippen molar-refractivity contribution in [1.29, 1.82) is 0 Å². The number of alkyl halides is 3. The SMILES string of the molecule is CCOC(=O)C(OC(F)(F)F)c1ccc(OC)cc1. The van der Waals surface area contributed by atoms with Crippen LogP contribution in [0.15, 0.2) is 24.3 Å². The average Bonchev–Trinajstić information content (AvgIpc) is 2.35. The Morgan fingerprint density at radius 3 is 2.26 bits per heavy atom. The summed E-state index contributed by atoms with van der Waals surface area (Å²) < 4.78 is 50.1. The van der Waals surface area contributed by atoms with Gasteiger partial charge in [-0.2, -0.15) is 0 Å². The van der Waals surface area contributed by atoms with E-state index in [1.807, 2.05) is 0 Å². The van der Waals surface area contributed by atoms with E-state index in [2.05, 4.69) is 9.47 Å². The maximum atomic E-state index is 12.3. The molecule has 1 aromatic carbocycles. The summed E-state index contributed by atoms with van der Waals surface area (Å²) >= 11 is 0. The van der Waals surface area contributed by atoms with Crippen molar-refractivity contribution in [1.82, 2.24) is 0 Å². The summed E-state index contributed by atoms with van der Waals surface area (Å²) in [7, 11) is 1.42. The van der Waals surface area contributed by atoms with Gasteiger partial charge in [0.05, 0.1) is 13.7 Å². The average molecular weight is 278 g/mol. The number of halogens is 3. The first-order valence-corrected chi connectivity index (χ1v) is 5.42. The van der Waals surface area contributed by atoms with Gasteiger partial charge in [0.2, 0.25) is 0 Å². The van der Waals surface area contributed by atoms with E-state index in [0.29, 0.717) is 5.75 Å². The van der Waals surface area contributed by atoms with Crippen LogP contribution in [0.5, 0.6) is 5.75 Å². The molecule has 1 unspecified atom stereocenters. The van der Waals surface area contributed by atoms with Crippen LogP contribution < -0.4 is 4.74 Å². The summed E-state index contributed by atoms with van der Waals surface area (Å²) in [5.41, 5.74) is 0.0385. The highest BCUT2D eigenvalue weighted by atomic mass is 19.4. The van der Waals surface area contributed by atoms with Gasteiger partial charge in [-0.3, -0.25) is 4.74 Å². The Morgan fingerprint density at radius 2 is 1.84 bits per heavy atom. The van der Waals surface area contributed by atoms with E-state index in [-0.39, 0.29) is 12.2 Å². The molecule has 0 amide bonds. The monoisotopic (exact) mass is 278 g/mol. The molecule has 0 saturated heterocycles. The number of hydrogen-bond donors (Lipinski definition) is 0. The van der Waals surface area contributed by atoms with Crippen LogP contribution >= 0.6 is 0 Å². The molecule has 7 heteroatoms. The molecule has 0 N–H and O–H groups in total. The second-order valence-electron chi connectivity index (χ2n) is 3.47. The third kappa shape index (κ3) is 4.78. The molecule has 0 aliphatic heterocycles. The van der Waals surface area contributed by atoms with Gasteiger partial charge < -0.3 is 9.47 Å². The smallest absolute Gasteiger partial charge is 0.497 e. The number of ether oxygens (including phenoxy) is 3. The number of hydrogen-bond acceptors (Lipinski definition) is 4. The summed E-state index contributed by atoms with van der Waals surface area (Å²) in [5, 5.41) is 0. The first-order chi connectivity index (χ1) is 8.87. The molecule has 0 spiro atoms. The zero-order chi connectivity index (χ0) is 14.5. The predicted octanol–water partition coefficient (Wildman–Crippen LogP) is 2.84. The van der Waals surface area contributed by atoms with Gasteiger partial charge in [0, 0.05) is 0 Å². The maximum Gasteiger partial charge on any atom is 0.523 e. The van der Waals surface area contributed by atoms with Crippen molar-refractivity contribution < 1.29 is 32.2 Å². The standard InChI is InChI=1S/C12H13F3O4/c1-3-18-11(16)10(19-12(13,14)15)8-4-6-9(17-2)7-5-8/h4-7,10H,3H2,1-2H3. The molecule has 19 heavy (non-hydrogen) atoms.